The number of fused-ring (bicyclic) bond motifs is 1. The second-order valence-electron chi connectivity index (χ2n) is 7.06. The van der Waals surface area contributed by atoms with Gasteiger partial charge in [0.2, 0.25) is 5.91 Å². The van der Waals surface area contributed by atoms with E-state index in [2.05, 4.69) is 10.6 Å². The van der Waals surface area contributed by atoms with Crippen molar-refractivity contribution in [3.63, 3.8) is 0 Å². The lowest BCUT2D eigenvalue weighted by Gasteiger charge is -2.24. The Morgan fingerprint density at radius 1 is 1.10 bits per heavy atom. The van der Waals surface area contributed by atoms with Crippen LogP contribution >= 0.6 is 11.3 Å². The van der Waals surface area contributed by atoms with E-state index < -0.39 is 0 Å². The van der Waals surface area contributed by atoms with Gasteiger partial charge in [-0.3, -0.25) is 9.59 Å². The first-order chi connectivity index (χ1) is 14.5. The third-order valence-corrected chi connectivity index (χ3v) is 6.46. The molecule has 2 N–H and O–H groups in total. The maximum atomic E-state index is 13.0. The van der Waals surface area contributed by atoms with Crippen molar-refractivity contribution >= 4 is 33.8 Å². The number of thiophene rings is 1. The van der Waals surface area contributed by atoms with Gasteiger partial charge in [0.05, 0.1) is 24.1 Å². The molecule has 1 aliphatic heterocycles. The molecule has 0 fully saturated rings. The molecule has 1 aliphatic rings. The molecule has 2 amide bonds. The van der Waals surface area contributed by atoms with Gasteiger partial charge in [0.15, 0.2) is 0 Å². The third-order valence-electron chi connectivity index (χ3n) is 5.23. The van der Waals surface area contributed by atoms with Crippen molar-refractivity contribution in [1.29, 1.82) is 0 Å². The molecule has 0 spiro atoms. The maximum absolute atomic E-state index is 13.0. The minimum atomic E-state index is -0.198. The fourth-order valence-electron chi connectivity index (χ4n) is 3.73. The van der Waals surface area contributed by atoms with Crippen LogP contribution in [0.1, 0.15) is 38.7 Å². The van der Waals surface area contributed by atoms with Crippen LogP contribution in [0.5, 0.6) is 11.5 Å². The molecule has 1 atom stereocenters. The zero-order chi connectivity index (χ0) is 21.3. The predicted octanol–water partition coefficient (Wildman–Crippen LogP) is 4.80. The molecule has 0 bridgehead atoms. The fourth-order valence-corrected chi connectivity index (χ4v) is 4.91. The van der Waals surface area contributed by atoms with E-state index in [1.54, 1.807) is 38.5 Å². The van der Waals surface area contributed by atoms with Crippen LogP contribution in [0.3, 0.4) is 0 Å². The van der Waals surface area contributed by atoms with Gasteiger partial charge in [0.25, 0.3) is 5.91 Å². The van der Waals surface area contributed by atoms with E-state index in [4.69, 9.17) is 9.47 Å². The Hall–Kier alpha value is -3.32. The summed E-state index contributed by atoms with van der Waals surface area (Å²) in [5.41, 5.74) is 3.55. The number of nitrogens with one attached hydrogen (secondary N) is 2. The maximum Gasteiger partial charge on any atom is 0.266 e. The molecule has 1 aromatic heterocycles. The van der Waals surface area contributed by atoms with Crippen LogP contribution < -0.4 is 20.1 Å². The molecule has 154 valence electrons. The van der Waals surface area contributed by atoms with Crippen molar-refractivity contribution in [2.45, 2.75) is 19.3 Å². The summed E-state index contributed by atoms with van der Waals surface area (Å²) in [5, 5.41) is 6.59. The molecular formula is C23H22N2O4S. The summed E-state index contributed by atoms with van der Waals surface area (Å²) in [6.45, 7) is 1.93. The first kappa shape index (κ1) is 20.0. The van der Waals surface area contributed by atoms with Gasteiger partial charge in [-0.05, 0) is 60.0 Å². The number of methoxy groups -OCH3 is 2. The van der Waals surface area contributed by atoms with Crippen molar-refractivity contribution in [3.8, 4) is 11.5 Å². The number of benzene rings is 2. The van der Waals surface area contributed by atoms with Crippen LogP contribution in [-0.2, 0) is 4.79 Å². The Morgan fingerprint density at radius 3 is 2.53 bits per heavy atom. The Labute approximate surface area is 178 Å². The van der Waals surface area contributed by atoms with Gasteiger partial charge in [-0.25, -0.2) is 0 Å². The third kappa shape index (κ3) is 3.76. The van der Waals surface area contributed by atoms with E-state index in [9.17, 15) is 9.59 Å². The number of amides is 2. The Bertz CT molecular complexity index is 1100. The number of carbonyl (C=O) groups is 2. The molecule has 0 unspecified atom stereocenters. The number of rotatable bonds is 5. The molecule has 0 aliphatic carbocycles. The molecule has 3 aromatic rings. The van der Waals surface area contributed by atoms with Gasteiger partial charge >= 0.3 is 0 Å². The van der Waals surface area contributed by atoms with E-state index in [1.807, 2.05) is 31.2 Å². The van der Waals surface area contributed by atoms with Gasteiger partial charge in [-0.15, -0.1) is 11.3 Å². The van der Waals surface area contributed by atoms with E-state index in [-0.39, 0.29) is 17.7 Å². The van der Waals surface area contributed by atoms with E-state index >= 15 is 0 Å². The average molecular weight is 423 g/mol. The largest absolute Gasteiger partial charge is 0.497 e. The zero-order valence-corrected chi connectivity index (χ0v) is 17.8. The standard InChI is InChI=1S/C23H22N2O4S/c1-13-20-18(14-5-4-6-17(11-14)29-3)12-19(26)25-23(20)30-21(13)22(27)24-15-7-9-16(28-2)10-8-15/h4-11,18H,12H2,1-3H3,(H,24,27)(H,25,26)/t18-/m0/s1. The summed E-state index contributed by atoms with van der Waals surface area (Å²) < 4.78 is 10.5. The summed E-state index contributed by atoms with van der Waals surface area (Å²) in [5.74, 6) is 1.09. The van der Waals surface area contributed by atoms with E-state index in [0.29, 0.717) is 17.0 Å². The summed E-state index contributed by atoms with van der Waals surface area (Å²) in [4.78, 5) is 25.9. The normalized spacial score (nSPS) is 15.2. The molecule has 30 heavy (non-hydrogen) atoms. The summed E-state index contributed by atoms with van der Waals surface area (Å²) in [7, 11) is 3.22. The quantitative estimate of drug-likeness (QED) is 0.619. The first-order valence-electron chi connectivity index (χ1n) is 9.52. The molecular weight excluding hydrogens is 400 g/mol. The van der Waals surface area contributed by atoms with Crippen molar-refractivity contribution < 1.29 is 19.1 Å². The van der Waals surface area contributed by atoms with Crippen LogP contribution in [0, 0.1) is 6.92 Å². The summed E-state index contributed by atoms with van der Waals surface area (Å²) in [6, 6.07) is 14.9. The number of hydrogen-bond donors (Lipinski definition) is 2. The van der Waals surface area contributed by atoms with Crippen LogP contribution in [0.25, 0.3) is 0 Å². The van der Waals surface area contributed by atoms with E-state index in [1.165, 1.54) is 11.3 Å². The lowest BCUT2D eigenvalue weighted by atomic mass is 9.85. The van der Waals surface area contributed by atoms with Crippen LogP contribution in [-0.4, -0.2) is 26.0 Å². The van der Waals surface area contributed by atoms with Crippen molar-refractivity contribution in [2.24, 2.45) is 0 Å². The Kier molecular flexibility index (Phi) is 5.46. The van der Waals surface area contributed by atoms with Crippen LogP contribution in [0.15, 0.2) is 48.5 Å². The van der Waals surface area contributed by atoms with Gasteiger partial charge in [0.1, 0.15) is 11.5 Å². The lowest BCUT2D eigenvalue weighted by molar-refractivity contribution is -0.116. The zero-order valence-electron chi connectivity index (χ0n) is 16.9. The minimum Gasteiger partial charge on any atom is -0.497 e. The molecule has 7 heteroatoms. The highest BCUT2D eigenvalue weighted by Crippen LogP contribution is 2.45. The van der Waals surface area contributed by atoms with Gasteiger partial charge < -0.3 is 20.1 Å². The summed E-state index contributed by atoms with van der Waals surface area (Å²) >= 11 is 1.31. The topological polar surface area (TPSA) is 76.7 Å². The Morgan fingerprint density at radius 2 is 1.83 bits per heavy atom. The minimum absolute atomic E-state index is 0.0568. The predicted molar refractivity (Wildman–Crippen MR) is 118 cm³/mol. The SMILES string of the molecule is COc1ccc(NC(=O)c2sc3c(c2C)[C@H](c2cccc(OC)c2)CC(=O)N3)cc1. The van der Waals surface area contributed by atoms with Gasteiger partial charge in [-0.1, -0.05) is 12.1 Å². The highest BCUT2D eigenvalue weighted by molar-refractivity contribution is 7.18. The van der Waals surface area contributed by atoms with E-state index in [0.717, 1.165) is 33.2 Å². The van der Waals surface area contributed by atoms with Crippen LogP contribution in [0.4, 0.5) is 10.7 Å². The molecule has 4 rings (SSSR count). The highest BCUT2D eigenvalue weighted by atomic mass is 32.1. The lowest BCUT2D eigenvalue weighted by Crippen LogP contribution is -2.22. The monoisotopic (exact) mass is 422 g/mol. The molecule has 0 saturated heterocycles. The second-order valence-corrected chi connectivity index (χ2v) is 8.08. The molecule has 0 saturated carbocycles. The number of anilines is 2. The number of carbonyl (C=O) groups excluding carboxylic acids is 2. The van der Waals surface area contributed by atoms with Gasteiger partial charge in [-0.2, -0.15) is 0 Å². The second kappa shape index (κ2) is 8.20. The van der Waals surface area contributed by atoms with Crippen LogP contribution in [0.2, 0.25) is 0 Å². The molecule has 0 radical (unpaired) electrons. The molecule has 6 nitrogen and oxygen atoms in total. The van der Waals surface area contributed by atoms with Crippen molar-refractivity contribution in [1.82, 2.24) is 0 Å². The summed E-state index contributed by atoms with van der Waals surface area (Å²) in [6.07, 6.45) is 0.331. The van der Waals surface area contributed by atoms with Crippen molar-refractivity contribution in [3.05, 3.63) is 70.1 Å². The highest BCUT2D eigenvalue weighted by Gasteiger charge is 2.33. The number of ether oxygens (including phenoxy) is 2. The Balaban J connectivity index is 1.67. The van der Waals surface area contributed by atoms with Crippen molar-refractivity contribution in [2.75, 3.05) is 24.9 Å². The molecule has 2 heterocycles. The average Bonchev–Trinajstić information content (AvgIpc) is 3.10. The fraction of sp³-hybridized carbons (Fsp3) is 0.217. The molecule has 2 aromatic carbocycles. The first-order valence-corrected chi connectivity index (χ1v) is 10.3. The smallest absolute Gasteiger partial charge is 0.266 e. The van der Waals surface area contributed by atoms with Gasteiger partial charge in [0, 0.05) is 18.0 Å². The number of hydrogen-bond acceptors (Lipinski definition) is 5.